The van der Waals surface area contributed by atoms with Gasteiger partial charge in [-0.3, -0.25) is 4.98 Å². The normalized spacial score (nSPS) is 12.8. The lowest BCUT2D eigenvalue weighted by Gasteiger charge is -2.21. The topological polar surface area (TPSA) is 68.5 Å². The zero-order valence-corrected chi connectivity index (χ0v) is 12.8. The highest BCUT2D eigenvalue weighted by Gasteiger charge is 2.10. The third-order valence-corrected chi connectivity index (χ3v) is 3.38. The molecule has 0 aliphatic heterocycles. The van der Waals surface area contributed by atoms with Gasteiger partial charge in [-0.15, -0.1) is 0 Å². The quantitative estimate of drug-likeness (QED) is 0.769. The van der Waals surface area contributed by atoms with Gasteiger partial charge in [-0.05, 0) is 38.1 Å². The van der Waals surface area contributed by atoms with Crippen LogP contribution in [0.1, 0.15) is 36.3 Å². The first kappa shape index (κ1) is 16.6. The van der Waals surface area contributed by atoms with E-state index >= 15 is 0 Å². The van der Waals surface area contributed by atoms with Crippen LogP contribution >= 0.6 is 0 Å². The Bertz CT molecular complexity index is 418. The van der Waals surface area contributed by atoms with Gasteiger partial charge in [0.15, 0.2) is 0 Å². The van der Waals surface area contributed by atoms with E-state index in [9.17, 15) is 4.79 Å². The van der Waals surface area contributed by atoms with E-state index in [0.29, 0.717) is 11.5 Å². The number of pyridine rings is 1. The van der Waals surface area contributed by atoms with Crippen LogP contribution in [0.25, 0.3) is 0 Å². The third-order valence-electron chi connectivity index (χ3n) is 3.38. The third kappa shape index (κ3) is 5.27. The molecule has 0 radical (unpaired) electrons. The molecule has 0 saturated heterocycles. The summed E-state index contributed by atoms with van der Waals surface area (Å²) in [6.07, 6.45) is 2.52. The van der Waals surface area contributed by atoms with Crippen LogP contribution in [0.3, 0.4) is 0 Å². The molecule has 5 nitrogen and oxygen atoms in total. The van der Waals surface area contributed by atoms with E-state index in [1.807, 2.05) is 13.1 Å². The average Bonchev–Trinajstić information content (AvgIpc) is 2.44. The van der Waals surface area contributed by atoms with Crippen LogP contribution in [0.4, 0.5) is 0 Å². The molecule has 1 rings (SSSR count). The SMILES string of the molecule is COC(=O)c1ccc(CN(C)CCC(N)C(C)C)nc1. The second kappa shape index (κ2) is 7.97. The van der Waals surface area contributed by atoms with Crippen molar-refractivity contribution in [3.05, 3.63) is 29.6 Å². The Morgan fingerprint density at radius 1 is 1.45 bits per heavy atom. The molecule has 2 N–H and O–H groups in total. The van der Waals surface area contributed by atoms with Crippen LogP contribution in [0.15, 0.2) is 18.3 Å². The van der Waals surface area contributed by atoms with E-state index in [0.717, 1.165) is 25.2 Å². The predicted molar refractivity (Wildman–Crippen MR) is 79.3 cm³/mol. The van der Waals surface area contributed by atoms with Crippen LogP contribution < -0.4 is 5.73 Å². The van der Waals surface area contributed by atoms with Crippen molar-refractivity contribution >= 4 is 5.97 Å². The van der Waals surface area contributed by atoms with Gasteiger partial charge in [0, 0.05) is 18.8 Å². The molecule has 0 bridgehead atoms. The predicted octanol–water partition coefficient (Wildman–Crippen LogP) is 1.67. The number of methoxy groups -OCH3 is 1. The second-order valence-electron chi connectivity index (χ2n) is 5.46. The number of hydrogen-bond acceptors (Lipinski definition) is 5. The van der Waals surface area contributed by atoms with Crippen LogP contribution in [-0.4, -0.2) is 42.6 Å². The smallest absolute Gasteiger partial charge is 0.339 e. The number of carbonyl (C=O) groups excluding carboxylic acids is 1. The van der Waals surface area contributed by atoms with Gasteiger partial charge in [-0.1, -0.05) is 13.8 Å². The fraction of sp³-hybridized carbons (Fsp3) is 0.600. The summed E-state index contributed by atoms with van der Waals surface area (Å²) in [5, 5.41) is 0. The first-order valence-electron chi connectivity index (χ1n) is 6.91. The summed E-state index contributed by atoms with van der Waals surface area (Å²) in [7, 11) is 3.41. The molecule has 1 aromatic rings. The van der Waals surface area contributed by atoms with Gasteiger partial charge in [0.1, 0.15) is 0 Å². The molecule has 0 aliphatic rings. The minimum Gasteiger partial charge on any atom is -0.465 e. The molecule has 0 fully saturated rings. The lowest BCUT2D eigenvalue weighted by atomic mass is 10.0. The number of aromatic nitrogens is 1. The maximum absolute atomic E-state index is 11.3. The van der Waals surface area contributed by atoms with E-state index in [1.54, 1.807) is 12.3 Å². The lowest BCUT2D eigenvalue weighted by molar-refractivity contribution is 0.0600. The van der Waals surface area contributed by atoms with Gasteiger partial charge in [-0.2, -0.15) is 0 Å². The summed E-state index contributed by atoms with van der Waals surface area (Å²) in [5.74, 6) is 0.140. The van der Waals surface area contributed by atoms with E-state index in [4.69, 9.17) is 5.73 Å². The van der Waals surface area contributed by atoms with Crippen molar-refractivity contribution in [2.75, 3.05) is 20.7 Å². The molecule has 0 spiro atoms. The van der Waals surface area contributed by atoms with Crippen molar-refractivity contribution in [3.8, 4) is 0 Å². The van der Waals surface area contributed by atoms with Crippen LogP contribution in [-0.2, 0) is 11.3 Å². The monoisotopic (exact) mass is 279 g/mol. The molecule has 112 valence electrons. The van der Waals surface area contributed by atoms with Crippen LogP contribution in [0.5, 0.6) is 0 Å². The lowest BCUT2D eigenvalue weighted by Crippen LogP contribution is -2.31. The van der Waals surface area contributed by atoms with Gasteiger partial charge < -0.3 is 15.4 Å². The van der Waals surface area contributed by atoms with Crippen molar-refractivity contribution in [2.45, 2.75) is 32.9 Å². The van der Waals surface area contributed by atoms with Crippen molar-refractivity contribution in [1.82, 2.24) is 9.88 Å². The summed E-state index contributed by atoms with van der Waals surface area (Å²) >= 11 is 0. The summed E-state index contributed by atoms with van der Waals surface area (Å²) in [4.78, 5) is 17.8. The summed E-state index contributed by atoms with van der Waals surface area (Å²) in [5.41, 5.74) is 7.43. The number of esters is 1. The molecule has 0 amide bonds. The fourth-order valence-corrected chi connectivity index (χ4v) is 1.82. The van der Waals surface area contributed by atoms with E-state index < -0.39 is 0 Å². The number of nitrogens with two attached hydrogens (primary N) is 1. The zero-order valence-electron chi connectivity index (χ0n) is 12.8. The van der Waals surface area contributed by atoms with Crippen molar-refractivity contribution in [3.63, 3.8) is 0 Å². The zero-order chi connectivity index (χ0) is 15.1. The molecule has 1 atom stereocenters. The Hall–Kier alpha value is -1.46. The Balaban J connectivity index is 2.46. The highest BCUT2D eigenvalue weighted by Crippen LogP contribution is 2.07. The first-order valence-corrected chi connectivity index (χ1v) is 6.91. The molecular weight excluding hydrogens is 254 g/mol. The average molecular weight is 279 g/mol. The van der Waals surface area contributed by atoms with Gasteiger partial charge in [0.2, 0.25) is 0 Å². The molecular formula is C15H25N3O2. The minimum atomic E-state index is -0.361. The summed E-state index contributed by atoms with van der Waals surface area (Å²) < 4.78 is 4.64. The Morgan fingerprint density at radius 2 is 2.15 bits per heavy atom. The number of hydrogen-bond donors (Lipinski definition) is 1. The van der Waals surface area contributed by atoms with Crippen molar-refractivity contribution < 1.29 is 9.53 Å². The largest absolute Gasteiger partial charge is 0.465 e. The highest BCUT2D eigenvalue weighted by atomic mass is 16.5. The minimum absolute atomic E-state index is 0.229. The summed E-state index contributed by atoms with van der Waals surface area (Å²) in [6.45, 7) is 5.95. The second-order valence-corrected chi connectivity index (χ2v) is 5.46. The molecule has 5 heteroatoms. The Morgan fingerprint density at radius 3 is 2.65 bits per heavy atom. The molecule has 1 aromatic heterocycles. The standard InChI is InChI=1S/C15H25N3O2/c1-11(2)14(16)7-8-18(3)10-13-6-5-12(9-17-13)15(19)20-4/h5-6,9,11,14H,7-8,10,16H2,1-4H3. The van der Waals surface area contributed by atoms with Crippen molar-refractivity contribution in [2.24, 2.45) is 11.7 Å². The molecule has 1 unspecified atom stereocenters. The van der Waals surface area contributed by atoms with Gasteiger partial charge in [0.25, 0.3) is 0 Å². The first-order chi connectivity index (χ1) is 9.43. The van der Waals surface area contributed by atoms with Crippen LogP contribution in [0.2, 0.25) is 0 Å². The van der Waals surface area contributed by atoms with Gasteiger partial charge in [0.05, 0.1) is 18.4 Å². The van der Waals surface area contributed by atoms with Gasteiger partial charge in [-0.25, -0.2) is 4.79 Å². The number of nitrogens with zero attached hydrogens (tertiary/aromatic N) is 2. The maximum Gasteiger partial charge on any atom is 0.339 e. The van der Waals surface area contributed by atoms with Crippen LogP contribution in [0, 0.1) is 5.92 Å². The number of ether oxygens (including phenoxy) is 1. The highest BCUT2D eigenvalue weighted by molar-refractivity contribution is 5.88. The number of carbonyl (C=O) groups is 1. The number of rotatable bonds is 7. The van der Waals surface area contributed by atoms with Crippen molar-refractivity contribution in [1.29, 1.82) is 0 Å². The Kier molecular flexibility index (Phi) is 6.61. The molecule has 0 saturated carbocycles. The maximum atomic E-state index is 11.3. The Labute approximate surface area is 121 Å². The van der Waals surface area contributed by atoms with E-state index in [-0.39, 0.29) is 12.0 Å². The fourth-order valence-electron chi connectivity index (χ4n) is 1.82. The summed E-state index contributed by atoms with van der Waals surface area (Å²) in [6, 6.07) is 3.82. The molecule has 0 aliphatic carbocycles. The molecule has 0 aromatic carbocycles. The molecule has 1 heterocycles. The van der Waals surface area contributed by atoms with E-state index in [1.165, 1.54) is 7.11 Å². The van der Waals surface area contributed by atoms with Gasteiger partial charge >= 0.3 is 5.97 Å². The van der Waals surface area contributed by atoms with E-state index in [2.05, 4.69) is 28.5 Å². The molecule has 20 heavy (non-hydrogen) atoms.